The van der Waals surface area contributed by atoms with Crippen LogP contribution in [0, 0.1) is 5.41 Å². The number of nitrogens with two attached hydrogens (primary N) is 1. The van der Waals surface area contributed by atoms with Gasteiger partial charge in [-0.15, -0.1) is 0 Å². The topological polar surface area (TPSA) is 103 Å². The van der Waals surface area contributed by atoms with E-state index in [1.54, 1.807) is 6.07 Å². The summed E-state index contributed by atoms with van der Waals surface area (Å²) in [5.41, 5.74) is 4.97. The number of halogens is 3. The second-order valence-corrected chi connectivity index (χ2v) is 8.70. The highest BCUT2D eigenvalue weighted by Crippen LogP contribution is 2.37. The number of nitrogens with one attached hydrogen (secondary N) is 1. The van der Waals surface area contributed by atoms with Crippen molar-refractivity contribution in [1.29, 1.82) is 0 Å². The molecule has 178 valence electrons. The number of oxazole rings is 1. The molecule has 0 saturated heterocycles. The fraction of sp³-hybridized carbons (Fsp3) is 0.435. The average Bonchev–Trinajstić information content (AvgIpc) is 3.19. The van der Waals surface area contributed by atoms with Gasteiger partial charge in [0.1, 0.15) is 17.0 Å². The Morgan fingerprint density at radius 3 is 2.42 bits per heavy atom. The van der Waals surface area contributed by atoms with Crippen molar-refractivity contribution in [3.8, 4) is 17.2 Å². The van der Waals surface area contributed by atoms with Gasteiger partial charge in [0.25, 0.3) is 5.91 Å². The van der Waals surface area contributed by atoms with E-state index in [-0.39, 0.29) is 46.6 Å². The third kappa shape index (κ3) is 4.95. The Morgan fingerprint density at radius 2 is 1.88 bits per heavy atom. The van der Waals surface area contributed by atoms with E-state index >= 15 is 0 Å². The number of amides is 1. The number of nitrogens with zero attached hydrogens (tertiary/aromatic N) is 2. The Hall–Kier alpha value is -3.14. The summed E-state index contributed by atoms with van der Waals surface area (Å²) in [5, 5.41) is 3.30. The third-order valence-corrected chi connectivity index (χ3v) is 5.42. The first-order valence-electron chi connectivity index (χ1n) is 10.5. The molecule has 7 nitrogen and oxygen atoms in total. The molecule has 0 spiro atoms. The number of benzene rings is 1. The SMILES string of the molecule is CC[C@@H](NC(=O)c1nc(-c2ccc(OC)c3nc(C(F)(F)F)ccc23)oc1CN)C(C)(C)C. The van der Waals surface area contributed by atoms with E-state index in [2.05, 4.69) is 15.3 Å². The number of ether oxygens (including phenoxy) is 1. The molecule has 33 heavy (non-hydrogen) atoms. The molecule has 0 aliphatic rings. The number of aromatic nitrogens is 2. The monoisotopic (exact) mass is 464 g/mol. The van der Waals surface area contributed by atoms with Gasteiger partial charge >= 0.3 is 6.18 Å². The normalized spacial score (nSPS) is 13.2. The minimum absolute atomic E-state index is 0.00195. The molecule has 0 saturated carbocycles. The summed E-state index contributed by atoms with van der Waals surface area (Å²) in [6.07, 6.45) is -3.90. The van der Waals surface area contributed by atoms with Gasteiger partial charge in [-0.3, -0.25) is 4.79 Å². The van der Waals surface area contributed by atoms with E-state index < -0.39 is 17.8 Å². The van der Waals surface area contributed by atoms with Crippen LogP contribution < -0.4 is 15.8 Å². The van der Waals surface area contributed by atoms with E-state index in [4.69, 9.17) is 14.9 Å². The lowest BCUT2D eigenvalue weighted by Gasteiger charge is -2.30. The number of pyridine rings is 1. The standard InChI is InChI=1S/C23H27F3N4O3/c1-6-16(22(2,3)4)29-20(31)19-15(11-27)33-21(30-19)13-7-9-14(32-5)18-12(13)8-10-17(28-18)23(24,25)26/h7-10,16H,6,11,27H2,1-5H3,(H,29,31)/t16-/m1/s1. The van der Waals surface area contributed by atoms with Crippen molar-refractivity contribution in [2.24, 2.45) is 11.1 Å². The lowest BCUT2D eigenvalue weighted by molar-refractivity contribution is -0.140. The highest BCUT2D eigenvalue weighted by molar-refractivity contribution is 5.98. The minimum atomic E-state index is -4.61. The van der Waals surface area contributed by atoms with E-state index in [9.17, 15) is 18.0 Å². The van der Waals surface area contributed by atoms with Crippen LogP contribution in [0.3, 0.4) is 0 Å². The number of carbonyl (C=O) groups excluding carboxylic acids is 1. The Kier molecular flexibility index (Phi) is 6.69. The van der Waals surface area contributed by atoms with Crippen LogP contribution >= 0.6 is 0 Å². The van der Waals surface area contributed by atoms with Gasteiger partial charge in [-0.05, 0) is 36.1 Å². The predicted octanol–water partition coefficient (Wildman–Crippen LogP) is 4.93. The van der Waals surface area contributed by atoms with E-state index in [0.29, 0.717) is 17.4 Å². The Labute approximate surface area is 189 Å². The fourth-order valence-electron chi connectivity index (χ4n) is 3.64. The molecule has 0 radical (unpaired) electrons. The van der Waals surface area contributed by atoms with Crippen molar-refractivity contribution < 1.29 is 27.1 Å². The third-order valence-electron chi connectivity index (χ3n) is 5.42. The molecule has 1 aromatic carbocycles. The van der Waals surface area contributed by atoms with Crippen LogP contribution in [0.25, 0.3) is 22.4 Å². The molecule has 2 heterocycles. The molecule has 1 amide bonds. The van der Waals surface area contributed by atoms with E-state index in [1.165, 1.54) is 19.2 Å². The Balaban J connectivity index is 2.10. The van der Waals surface area contributed by atoms with Gasteiger partial charge in [0, 0.05) is 17.0 Å². The molecule has 1 atom stereocenters. The van der Waals surface area contributed by atoms with Crippen molar-refractivity contribution in [3.63, 3.8) is 0 Å². The van der Waals surface area contributed by atoms with Gasteiger partial charge in [0.15, 0.2) is 11.5 Å². The van der Waals surface area contributed by atoms with Crippen molar-refractivity contribution >= 4 is 16.8 Å². The van der Waals surface area contributed by atoms with Crippen LogP contribution in [-0.2, 0) is 12.7 Å². The smallest absolute Gasteiger partial charge is 0.433 e. The first-order valence-corrected chi connectivity index (χ1v) is 10.5. The quantitative estimate of drug-likeness (QED) is 0.536. The number of hydrogen-bond donors (Lipinski definition) is 2. The minimum Gasteiger partial charge on any atom is -0.494 e. The summed E-state index contributed by atoms with van der Waals surface area (Å²) >= 11 is 0. The molecule has 10 heteroatoms. The number of methoxy groups -OCH3 is 1. The first-order chi connectivity index (χ1) is 15.4. The maximum atomic E-state index is 13.2. The lowest BCUT2D eigenvalue weighted by Crippen LogP contribution is -2.43. The summed E-state index contributed by atoms with van der Waals surface area (Å²) in [5.74, 6) is -0.0318. The van der Waals surface area contributed by atoms with Crippen molar-refractivity contribution in [2.45, 2.75) is 52.9 Å². The first kappa shape index (κ1) is 24.5. The van der Waals surface area contributed by atoms with Gasteiger partial charge in [-0.2, -0.15) is 13.2 Å². The molecule has 0 fully saturated rings. The van der Waals surface area contributed by atoms with Crippen LogP contribution in [0.15, 0.2) is 28.7 Å². The zero-order valence-electron chi connectivity index (χ0n) is 19.1. The second kappa shape index (κ2) is 9.01. The summed E-state index contributed by atoms with van der Waals surface area (Å²) in [7, 11) is 1.34. The molecule has 0 aliphatic carbocycles. The maximum absolute atomic E-state index is 13.2. The van der Waals surface area contributed by atoms with Crippen LogP contribution in [0.1, 0.15) is 56.1 Å². The number of rotatable bonds is 6. The second-order valence-electron chi connectivity index (χ2n) is 8.70. The van der Waals surface area contributed by atoms with Gasteiger partial charge in [-0.1, -0.05) is 27.7 Å². The molecule has 3 aromatic rings. The van der Waals surface area contributed by atoms with Crippen LogP contribution in [0.5, 0.6) is 5.75 Å². The van der Waals surface area contributed by atoms with Crippen LogP contribution in [-0.4, -0.2) is 29.0 Å². The van der Waals surface area contributed by atoms with Crippen LogP contribution in [0.4, 0.5) is 13.2 Å². The summed E-state index contributed by atoms with van der Waals surface area (Å²) in [4.78, 5) is 21.0. The maximum Gasteiger partial charge on any atom is 0.433 e. The number of fused-ring (bicyclic) bond motifs is 1. The zero-order chi connectivity index (χ0) is 24.6. The van der Waals surface area contributed by atoms with Gasteiger partial charge in [-0.25, -0.2) is 9.97 Å². The summed E-state index contributed by atoms with van der Waals surface area (Å²) in [6.45, 7) is 7.95. The highest BCUT2D eigenvalue weighted by atomic mass is 19.4. The molecule has 0 aliphatic heterocycles. The molecule has 0 unspecified atom stereocenters. The molecular formula is C23H27F3N4O3. The molecular weight excluding hydrogens is 437 g/mol. The van der Waals surface area contributed by atoms with Crippen molar-refractivity contribution in [2.75, 3.05) is 7.11 Å². The Bertz CT molecular complexity index is 1170. The summed E-state index contributed by atoms with van der Waals surface area (Å²) in [6, 6.07) is 5.11. The zero-order valence-corrected chi connectivity index (χ0v) is 19.1. The van der Waals surface area contributed by atoms with E-state index in [1.807, 2.05) is 27.7 Å². The number of carbonyl (C=O) groups is 1. The number of hydrogen-bond acceptors (Lipinski definition) is 6. The Morgan fingerprint density at radius 1 is 1.18 bits per heavy atom. The largest absolute Gasteiger partial charge is 0.494 e. The molecule has 3 N–H and O–H groups in total. The molecule has 2 aromatic heterocycles. The fourth-order valence-corrected chi connectivity index (χ4v) is 3.64. The molecule has 3 rings (SSSR count). The average molecular weight is 464 g/mol. The summed E-state index contributed by atoms with van der Waals surface area (Å²) < 4.78 is 50.5. The molecule has 0 bridgehead atoms. The van der Waals surface area contributed by atoms with Gasteiger partial charge < -0.3 is 20.2 Å². The van der Waals surface area contributed by atoms with Crippen LogP contribution in [0.2, 0.25) is 0 Å². The van der Waals surface area contributed by atoms with Crippen molar-refractivity contribution in [3.05, 3.63) is 41.4 Å². The lowest BCUT2D eigenvalue weighted by atomic mass is 9.85. The van der Waals surface area contributed by atoms with Gasteiger partial charge in [0.2, 0.25) is 5.89 Å². The predicted molar refractivity (Wildman–Crippen MR) is 118 cm³/mol. The van der Waals surface area contributed by atoms with Crippen molar-refractivity contribution in [1.82, 2.24) is 15.3 Å². The van der Waals surface area contributed by atoms with Gasteiger partial charge in [0.05, 0.1) is 13.7 Å². The highest BCUT2D eigenvalue weighted by Gasteiger charge is 2.33. The number of alkyl halides is 3. The van der Waals surface area contributed by atoms with E-state index in [0.717, 1.165) is 6.07 Å².